The van der Waals surface area contributed by atoms with Crippen LogP contribution in [-0.4, -0.2) is 25.1 Å². The van der Waals surface area contributed by atoms with Crippen molar-refractivity contribution in [2.75, 3.05) is 19.0 Å². The zero-order valence-corrected chi connectivity index (χ0v) is 14.3. The first-order valence-electron chi connectivity index (χ1n) is 7.22. The molecule has 1 rings (SSSR count). The summed E-state index contributed by atoms with van der Waals surface area (Å²) in [6.45, 7) is 12.1. The third-order valence-corrected chi connectivity index (χ3v) is 4.67. The highest BCUT2D eigenvalue weighted by Gasteiger charge is 2.25. The van der Waals surface area contributed by atoms with E-state index >= 15 is 0 Å². The number of aromatic nitrogens is 1. The van der Waals surface area contributed by atoms with Gasteiger partial charge >= 0.3 is 0 Å². The highest BCUT2D eigenvalue weighted by atomic mass is 32.1. The molecule has 0 unspecified atom stereocenters. The molecule has 0 aliphatic carbocycles. The summed E-state index contributed by atoms with van der Waals surface area (Å²) in [7, 11) is 4.17. The Kier molecular flexibility index (Phi) is 5.81. The Bertz CT molecular complexity index is 389. The van der Waals surface area contributed by atoms with Gasteiger partial charge in [0.1, 0.15) is 0 Å². The number of hydrogen-bond acceptors (Lipinski definition) is 4. The van der Waals surface area contributed by atoms with Crippen molar-refractivity contribution in [1.82, 2.24) is 10.3 Å². The Morgan fingerprint density at radius 2 is 1.84 bits per heavy atom. The summed E-state index contributed by atoms with van der Waals surface area (Å²) in [5, 5.41) is 4.41. The molecule has 0 atom stereocenters. The van der Waals surface area contributed by atoms with Crippen LogP contribution in [0.4, 0.5) is 5.13 Å². The second-order valence-electron chi connectivity index (χ2n) is 6.13. The molecule has 1 N–H and O–H groups in total. The van der Waals surface area contributed by atoms with Gasteiger partial charge in [0, 0.05) is 29.9 Å². The third kappa shape index (κ3) is 3.93. The van der Waals surface area contributed by atoms with E-state index in [9.17, 15) is 0 Å². The quantitative estimate of drug-likeness (QED) is 0.861. The first-order chi connectivity index (χ1) is 8.85. The Balaban J connectivity index is 3.10. The number of rotatable bonds is 6. The molecular weight excluding hydrogens is 254 g/mol. The number of thiazole rings is 1. The molecule has 0 saturated carbocycles. The molecule has 0 bridgehead atoms. The van der Waals surface area contributed by atoms with Crippen molar-refractivity contribution < 1.29 is 0 Å². The van der Waals surface area contributed by atoms with Crippen LogP contribution >= 0.6 is 11.3 Å². The standard InChI is InChI=1S/C15H29N3S/c1-8-11(9-2)18(7)14-17-13(15(3,4)5)12(19-14)10-16-6/h11,16H,8-10H2,1-7H3. The van der Waals surface area contributed by atoms with Crippen molar-refractivity contribution in [2.45, 2.75) is 65.5 Å². The van der Waals surface area contributed by atoms with Crippen LogP contribution in [0.5, 0.6) is 0 Å². The Morgan fingerprint density at radius 3 is 2.26 bits per heavy atom. The first kappa shape index (κ1) is 16.4. The van der Waals surface area contributed by atoms with Crippen LogP contribution in [0.15, 0.2) is 0 Å². The SMILES string of the molecule is CCC(CC)N(C)c1nc(C(C)(C)C)c(CNC)s1. The van der Waals surface area contributed by atoms with E-state index in [1.54, 1.807) is 0 Å². The van der Waals surface area contributed by atoms with E-state index in [-0.39, 0.29) is 5.41 Å². The van der Waals surface area contributed by atoms with Gasteiger partial charge in [-0.25, -0.2) is 4.98 Å². The van der Waals surface area contributed by atoms with Gasteiger partial charge in [0.25, 0.3) is 0 Å². The lowest BCUT2D eigenvalue weighted by molar-refractivity contribution is 0.557. The third-order valence-electron chi connectivity index (χ3n) is 3.53. The van der Waals surface area contributed by atoms with Crippen molar-refractivity contribution in [3.05, 3.63) is 10.6 Å². The zero-order valence-electron chi connectivity index (χ0n) is 13.5. The normalized spacial score (nSPS) is 12.2. The van der Waals surface area contributed by atoms with Gasteiger partial charge < -0.3 is 10.2 Å². The van der Waals surface area contributed by atoms with E-state index < -0.39 is 0 Å². The summed E-state index contributed by atoms with van der Waals surface area (Å²) in [5.41, 5.74) is 1.34. The van der Waals surface area contributed by atoms with E-state index in [0.717, 1.165) is 11.7 Å². The summed E-state index contributed by atoms with van der Waals surface area (Å²) >= 11 is 1.83. The van der Waals surface area contributed by atoms with Gasteiger partial charge in [-0.15, -0.1) is 11.3 Å². The first-order valence-corrected chi connectivity index (χ1v) is 8.04. The molecule has 0 aliphatic rings. The number of anilines is 1. The van der Waals surface area contributed by atoms with E-state index in [1.807, 2.05) is 18.4 Å². The molecular formula is C15H29N3S. The predicted molar refractivity (Wildman–Crippen MR) is 86.4 cm³/mol. The fourth-order valence-electron chi connectivity index (χ4n) is 2.35. The molecule has 0 saturated heterocycles. The maximum absolute atomic E-state index is 4.92. The molecule has 0 aliphatic heterocycles. The van der Waals surface area contributed by atoms with E-state index in [4.69, 9.17) is 4.98 Å². The fourth-order valence-corrected chi connectivity index (χ4v) is 3.66. The summed E-state index contributed by atoms with van der Waals surface area (Å²) < 4.78 is 0. The topological polar surface area (TPSA) is 28.2 Å². The second kappa shape index (κ2) is 6.71. The van der Waals surface area contributed by atoms with Crippen molar-refractivity contribution in [3.8, 4) is 0 Å². The number of nitrogens with one attached hydrogen (secondary N) is 1. The predicted octanol–water partition coefficient (Wildman–Crippen LogP) is 3.78. The maximum atomic E-state index is 4.92. The van der Waals surface area contributed by atoms with Gasteiger partial charge in [-0.1, -0.05) is 34.6 Å². The Morgan fingerprint density at radius 1 is 1.26 bits per heavy atom. The highest BCUT2D eigenvalue weighted by Crippen LogP contribution is 2.34. The molecule has 1 aromatic heterocycles. The monoisotopic (exact) mass is 283 g/mol. The average Bonchev–Trinajstić information content (AvgIpc) is 2.75. The smallest absolute Gasteiger partial charge is 0.185 e. The summed E-state index contributed by atoms with van der Waals surface area (Å²) in [4.78, 5) is 8.63. The summed E-state index contributed by atoms with van der Waals surface area (Å²) in [5.74, 6) is 0. The van der Waals surface area contributed by atoms with Crippen molar-refractivity contribution in [1.29, 1.82) is 0 Å². The van der Waals surface area contributed by atoms with Gasteiger partial charge in [-0.2, -0.15) is 0 Å². The average molecular weight is 283 g/mol. The largest absolute Gasteiger partial charge is 0.348 e. The molecule has 0 fully saturated rings. The second-order valence-corrected chi connectivity index (χ2v) is 7.19. The van der Waals surface area contributed by atoms with Crippen molar-refractivity contribution in [3.63, 3.8) is 0 Å². The van der Waals surface area contributed by atoms with E-state index in [1.165, 1.54) is 23.4 Å². The molecule has 1 heterocycles. The molecule has 4 heteroatoms. The Labute approximate surface area is 122 Å². The van der Waals surface area contributed by atoms with Crippen LogP contribution in [-0.2, 0) is 12.0 Å². The lowest BCUT2D eigenvalue weighted by Crippen LogP contribution is -2.30. The van der Waals surface area contributed by atoms with Crippen LogP contribution < -0.4 is 10.2 Å². The van der Waals surface area contributed by atoms with Gasteiger partial charge in [-0.3, -0.25) is 0 Å². The highest BCUT2D eigenvalue weighted by molar-refractivity contribution is 7.15. The van der Waals surface area contributed by atoms with Crippen LogP contribution in [0.3, 0.4) is 0 Å². The molecule has 0 amide bonds. The Hall–Kier alpha value is -0.610. The fraction of sp³-hybridized carbons (Fsp3) is 0.800. The molecule has 110 valence electrons. The lowest BCUT2D eigenvalue weighted by Gasteiger charge is -2.25. The summed E-state index contributed by atoms with van der Waals surface area (Å²) in [6, 6.07) is 0.585. The minimum atomic E-state index is 0.107. The molecule has 3 nitrogen and oxygen atoms in total. The minimum absolute atomic E-state index is 0.107. The maximum Gasteiger partial charge on any atom is 0.185 e. The van der Waals surface area contributed by atoms with Crippen molar-refractivity contribution in [2.24, 2.45) is 0 Å². The van der Waals surface area contributed by atoms with E-state index in [0.29, 0.717) is 6.04 Å². The molecule has 1 aromatic rings. The molecule has 19 heavy (non-hydrogen) atoms. The molecule has 0 aromatic carbocycles. The van der Waals surface area contributed by atoms with Gasteiger partial charge in [0.05, 0.1) is 5.69 Å². The molecule has 0 spiro atoms. The zero-order chi connectivity index (χ0) is 14.6. The van der Waals surface area contributed by atoms with Crippen LogP contribution in [0, 0.1) is 0 Å². The van der Waals surface area contributed by atoms with Gasteiger partial charge in [0.2, 0.25) is 0 Å². The number of hydrogen-bond donors (Lipinski definition) is 1. The number of nitrogens with zero attached hydrogens (tertiary/aromatic N) is 2. The summed E-state index contributed by atoms with van der Waals surface area (Å²) in [6.07, 6.45) is 2.33. The van der Waals surface area contributed by atoms with Crippen LogP contribution in [0.1, 0.15) is 58.0 Å². The molecule has 0 radical (unpaired) electrons. The van der Waals surface area contributed by atoms with E-state index in [2.05, 4.69) is 51.9 Å². The van der Waals surface area contributed by atoms with Gasteiger partial charge in [0.15, 0.2) is 5.13 Å². The van der Waals surface area contributed by atoms with Crippen LogP contribution in [0.25, 0.3) is 0 Å². The van der Waals surface area contributed by atoms with Gasteiger partial charge in [-0.05, 0) is 19.9 Å². The lowest BCUT2D eigenvalue weighted by atomic mass is 9.91. The van der Waals surface area contributed by atoms with Crippen LogP contribution in [0.2, 0.25) is 0 Å². The minimum Gasteiger partial charge on any atom is -0.348 e. The van der Waals surface area contributed by atoms with Crippen molar-refractivity contribution >= 4 is 16.5 Å².